The predicted molar refractivity (Wildman–Crippen MR) is 256 cm³/mol. The van der Waals surface area contributed by atoms with Crippen molar-refractivity contribution in [3.63, 3.8) is 0 Å². The Morgan fingerprint density at radius 2 is 1.77 bits per heavy atom. The molecule has 0 radical (unpaired) electrons. The van der Waals surface area contributed by atoms with Crippen LogP contribution in [0.5, 0.6) is 17.2 Å². The second-order valence-electron chi connectivity index (χ2n) is 20.4. The number of aryl methyl sites for hydroxylation is 1. The molecule has 66 heavy (non-hydrogen) atoms. The number of hydrogen-bond donors (Lipinski definition) is 4. The van der Waals surface area contributed by atoms with Gasteiger partial charge in [-0.15, -0.1) is 4.91 Å². The lowest BCUT2D eigenvalue weighted by atomic mass is 9.70. The monoisotopic (exact) mass is 915 g/mol. The number of carbonyl (C=O) groups is 1. The number of nitrogens with zero attached hydrogens (tertiary/aromatic N) is 4. The Balaban J connectivity index is 0.853. The van der Waals surface area contributed by atoms with Gasteiger partial charge in [0.1, 0.15) is 40.9 Å². The molecule has 3 atom stereocenters. The molecule has 14 nitrogen and oxygen atoms in total. The number of nitroso groups, excluding NO2 is 1. The summed E-state index contributed by atoms with van der Waals surface area (Å²) in [7, 11) is -4.53. The van der Waals surface area contributed by atoms with Crippen LogP contribution in [-0.4, -0.2) is 84.8 Å². The first-order valence-corrected chi connectivity index (χ1v) is 25.2. The molecule has 5 aliphatic rings. The highest BCUT2D eigenvalue weighted by atomic mass is 32.2. The van der Waals surface area contributed by atoms with E-state index in [1.165, 1.54) is 36.5 Å². The molecule has 5 aromatic rings. The van der Waals surface area contributed by atoms with E-state index >= 15 is 0 Å². The summed E-state index contributed by atoms with van der Waals surface area (Å²) in [5.74, 6) is 1.11. The fourth-order valence-corrected chi connectivity index (χ4v) is 12.6. The average Bonchev–Trinajstić information content (AvgIpc) is 3.93. The third-order valence-electron chi connectivity index (χ3n) is 15.4. The van der Waals surface area contributed by atoms with E-state index in [0.717, 1.165) is 74.7 Å². The molecule has 2 aliphatic carbocycles. The second-order valence-corrected chi connectivity index (χ2v) is 22.0. The second kappa shape index (κ2) is 17.3. The number of sulfonamides is 1. The van der Waals surface area contributed by atoms with Crippen LogP contribution in [0.15, 0.2) is 83.0 Å². The standard InChI is InChI=1S/C51H61N7O7S/c1-31(2)38-8-5-6-9-39(38)40-10-7-11-44(40)58-29-51(30-58)18-20-57(21-19-51)35-12-13-41(45(24-35)65-36-23-34-22-32(3)53-48(34)52-27-36)49(59)56-66(62,63)37-25-42(55-61)47-46(26-37)64-28-43(54-47)33-14-16-50(4,60)17-15-33/h5-6,8-9,12-13,22-27,31,33,40,43-44,54,60H,7,10-11,14-21,28-30H2,1-4H3,(H,52,53)(H,56,59)/t33?,40-,43?,44-,50?/m0/s1. The first kappa shape index (κ1) is 44.3. The highest BCUT2D eigenvalue weighted by molar-refractivity contribution is 7.90. The Kier molecular flexibility index (Phi) is 11.6. The number of carbonyl (C=O) groups excluding carboxylic acids is 1. The Bertz CT molecular complexity index is 2760. The minimum atomic E-state index is -4.53. The van der Waals surface area contributed by atoms with Crippen LogP contribution in [-0.2, 0) is 10.0 Å². The van der Waals surface area contributed by atoms with Gasteiger partial charge in [0.2, 0.25) is 0 Å². The summed E-state index contributed by atoms with van der Waals surface area (Å²) < 4.78 is 42.6. The van der Waals surface area contributed by atoms with Gasteiger partial charge in [-0.3, -0.25) is 9.69 Å². The van der Waals surface area contributed by atoms with Crippen molar-refractivity contribution in [2.45, 2.75) is 120 Å². The SMILES string of the molecule is Cc1cc2cc(Oc3cc(N4CCC5(CC4)CN([C@H]4CCC[C@H]4c4ccccc4C(C)C)C5)ccc3C(=O)NS(=O)(=O)c3cc(N=O)c4c(c3)OCC(C3CCC(C)(O)CC3)N4)cnc2[nH]1. The molecule has 2 aromatic heterocycles. The van der Waals surface area contributed by atoms with Crippen LogP contribution in [0, 0.1) is 23.2 Å². The molecule has 1 amide bonds. The maximum absolute atomic E-state index is 14.1. The van der Waals surface area contributed by atoms with E-state index in [9.17, 15) is 23.2 Å². The molecule has 348 valence electrons. The average molecular weight is 916 g/mol. The molecular weight excluding hydrogens is 855 g/mol. The molecule has 5 heterocycles. The number of piperidine rings is 1. The number of rotatable bonds is 11. The van der Waals surface area contributed by atoms with Gasteiger partial charge in [-0.25, -0.2) is 18.1 Å². The summed E-state index contributed by atoms with van der Waals surface area (Å²) in [5, 5.41) is 17.8. The minimum Gasteiger partial charge on any atom is -0.489 e. The fourth-order valence-electron chi connectivity index (χ4n) is 11.6. The maximum atomic E-state index is 14.1. The van der Waals surface area contributed by atoms with Gasteiger partial charge in [0, 0.05) is 61.1 Å². The van der Waals surface area contributed by atoms with Gasteiger partial charge in [-0.2, -0.15) is 0 Å². The van der Waals surface area contributed by atoms with Gasteiger partial charge in [0.15, 0.2) is 0 Å². The lowest BCUT2D eigenvalue weighted by Crippen LogP contribution is -2.63. The maximum Gasteiger partial charge on any atom is 0.268 e. The zero-order valence-electron chi connectivity index (χ0n) is 38.3. The highest BCUT2D eigenvalue weighted by Gasteiger charge is 2.49. The number of amides is 1. The number of H-pyrrole nitrogens is 1. The van der Waals surface area contributed by atoms with E-state index in [0.29, 0.717) is 47.8 Å². The van der Waals surface area contributed by atoms with Crippen molar-refractivity contribution in [3.05, 3.63) is 100 Å². The summed E-state index contributed by atoms with van der Waals surface area (Å²) in [5.41, 5.74) is 5.29. The van der Waals surface area contributed by atoms with Crippen LogP contribution in [0.4, 0.5) is 17.1 Å². The normalized spacial score (nSPS) is 25.2. The largest absolute Gasteiger partial charge is 0.489 e. The molecule has 10 rings (SSSR count). The number of ether oxygens (including phenoxy) is 2. The van der Waals surface area contributed by atoms with Gasteiger partial charge in [0.25, 0.3) is 15.9 Å². The zero-order valence-corrected chi connectivity index (χ0v) is 39.1. The summed E-state index contributed by atoms with van der Waals surface area (Å²) in [6.45, 7) is 12.6. The summed E-state index contributed by atoms with van der Waals surface area (Å²) >= 11 is 0. The molecule has 3 aliphatic heterocycles. The number of anilines is 2. The van der Waals surface area contributed by atoms with Crippen LogP contribution < -0.4 is 24.4 Å². The Morgan fingerprint density at radius 3 is 2.53 bits per heavy atom. The number of benzene rings is 3. The fraction of sp³-hybridized carbons (Fsp3) is 0.490. The molecule has 4 N–H and O–H groups in total. The Labute approximate surface area is 386 Å². The number of hydrogen-bond acceptors (Lipinski definition) is 12. The van der Waals surface area contributed by atoms with Crippen molar-refractivity contribution in [1.82, 2.24) is 19.6 Å². The van der Waals surface area contributed by atoms with Crippen LogP contribution >= 0.6 is 0 Å². The number of aromatic nitrogens is 2. The molecule has 15 heteroatoms. The quantitative estimate of drug-likeness (QED) is 0.0928. The third-order valence-corrected chi connectivity index (χ3v) is 16.7. The summed E-state index contributed by atoms with van der Waals surface area (Å²) in [4.78, 5) is 38.8. The third kappa shape index (κ3) is 8.65. The van der Waals surface area contributed by atoms with Crippen LogP contribution in [0.2, 0.25) is 0 Å². The first-order chi connectivity index (χ1) is 31.7. The first-order valence-electron chi connectivity index (χ1n) is 23.7. The summed E-state index contributed by atoms with van der Waals surface area (Å²) in [6, 6.07) is 21.0. The molecule has 3 aromatic carbocycles. The Hall–Kier alpha value is -5.51. The zero-order chi connectivity index (χ0) is 46.0. The number of nitrogens with one attached hydrogen (secondary N) is 3. The molecule has 4 fully saturated rings. The lowest BCUT2D eigenvalue weighted by molar-refractivity contribution is -0.0493. The van der Waals surface area contributed by atoms with Crippen molar-refractivity contribution in [3.8, 4) is 17.2 Å². The lowest BCUT2D eigenvalue weighted by Gasteiger charge is -2.57. The number of likely N-dealkylation sites (tertiary alicyclic amines) is 1. The topological polar surface area (TPSA) is 179 Å². The molecule has 1 unspecified atom stereocenters. The van der Waals surface area contributed by atoms with E-state index in [1.54, 1.807) is 12.3 Å². The van der Waals surface area contributed by atoms with Gasteiger partial charge in [-0.05, 0) is 135 Å². The number of pyridine rings is 1. The smallest absolute Gasteiger partial charge is 0.268 e. The summed E-state index contributed by atoms with van der Waals surface area (Å²) in [6.07, 6.45) is 10.3. The van der Waals surface area contributed by atoms with Gasteiger partial charge < -0.3 is 29.8 Å². The van der Waals surface area contributed by atoms with E-state index < -0.39 is 21.5 Å². The van der Waals surface area contributed by atoms with Gasteiger partial charge in [-0.1, -0.05) is 44.5 Å². The van der Waals surface area contributed by atoms with Crippen molar-refractivity contribution >= 4 is 44.0 Å². The Morgan fingerprint density at radius 1 is 1.00 bits per heavy atom. The van der Waals surface area contributed by atoms with Crippen LogP contribution in [0.1, 0.15) is 118 Å². The number of aromatic amines is 1. The van der Waals surface area contributed by atoms with E-state index in [2.05, 4.69) is 73.1 Å². The molecule has 1 spiro atoms. The van der Waals surface area contributed by atoms with Crippen molar-refractivity contribution in [2.24, 2.45) is 16.5 Å². The van der Waals surface area contributed by atoms with Crippen LogP contribution in [0.3, 0.4) is 0 Å². The minimum absolute atomic E-state index is 0.0138. The highest BCUT2D eigenvalue weighted by Crippen LogP contribution is 2.49. The predicted octanol–water partition coefficient (Wildman–Crippen LogP) is 9.66. The molecule has 2 saturated carbocycles. The van der Waals surface area contributed by atoms with E-state index in [1.807, 2.05) is 38.1 Å². The van der Waals surface area contributed by atoms with E-state index in [-0.39, 0.29) is 51.6 Å². The number of fused-ring (bicyclic) bond motifs is 2. The molecule has 0 bridgehead atoms. The van der Waals surface area contributed by atoms with Crippen LogP contribution in [0.25, 0.3) is 11.0 Å². The van der Waals surface area contributed by atoms with Gasteiger partial charge in [0.05, 0.1) is 28.3 Å². The van der Waals surface area contributed by atoms with E-state index in [4.69, 9.17) is 9.47 Å². The van der Waals surface area contributed by atoms with Crippen molar-refractivity contribution in [2.75, 3.05) is 43.0 Å². The van der Waals surface area contributed by atoms with Crippen molar-refractivity contribution in [1.29, 1.82) is 0 Å². The van der Waals surface area contributed by atoms with Crippen molar-refractivity contribution < 1.29 is 27.8 Å². The molecule has 2 saturated heterocycles. The van der Waals surface area contributed by atoms with Gasteiger partial charge >= 0.3 is 0 Å². The molecular formula is C51H61N7O7S. The number of aliphatic hydroxyl groups is 1.